The fourth-order valence-electron chi connectivity index (χ4n) is 3.14. The highest BCUT2D eigenvalue weighted by atomic mass is 15.0. The highest BCUT2D eigenvalue weighted by Gasteiger charge is 2.16. The molecule has 0 aliphatic heterocycles. The van der Waals surface area contributed by atoms with Crippen LogP contribution in [0.3, 0.4) is 0 Å². The standard InChI is InChI=1S/C16H29N3/c1-2-15-6-5-7-16(9-8-15)18-10-3-4-12-19-13-11-17-14-19/h11,13-16,18H,2-10,12H2,1H3. The zero-order valence-electron chi connectivity index (χ0n) is 12.4. The Morgan fingerprint density at radius 3 is 2.95 bits per heavy atom. The Labute approximate surface area is 117 Å². The molecule has 0 saturated heterocycles. The summed E-state index contributed by atoms with van der Waals surface area (Å²) >= 11 is 0. The molecule has 3 nitrogen and oxygen atoms in total. The van der Waals surface area contributed by atoms with Crippen molar-refractivity contribution < 1.29 is 0 Å². The molecule has 19 heavy (non-hydrogen) atoms. The first-order chi connectivity index (χ1) is 9.38. The van der Waals surface area contributed by atoms with Gasteiger partial charge in [-0.15, -0.1) is 0 Å². The van der Waals surface area contributed by atoms with E-state index in [1.165, 1.54) is 57.9 Å². The van der Waals surface area contributed by atoms with E-state index in [-0.39, 0.29) is 0 Å². The fourth-order valence-corrected chi connectivity index (χ4v) is 3.14. The summed E-state index contributed by atoms with van der Waals surface area (Å²) in [4.78, 5) is 4.07. The fraction of sp³-hybridized carbons (Fsp3) is 0.812. The first-order valence-electron chi connectivity index (χ1n) is 8.07. The van der Waals surface area contributed by atoms with Crippen LogP contribution < -0.4 is 5.32 Å². The second-order valence-corrected chi connectivity index (χ2v) is 5.94. The maximum absolute atomic E-state index is 4.07. The van der Waals surface area contributed by atoms with Gasteiger partial charge in [0.15, 0.2) is 0 Å². The summed E-state index contributed by atoms with van der Waals surface area (Å²) in [6.07, 6.45) is 16.8. The molecule has 0 aromatic carbocycles. The molecule has 3 heteroatoms. The lowest BCUT2D eigenvalue weighted by Gasteiger charge is -2.16. The molecule has 0 radical (unpaired) electrons. The van der Waals surface area contributed by atoms with Crippen LogP contribution in [0.2, 0.25) is 0 Å². The van der Waals surface area contributed by atoms with Gasteiger partial charge in [-0.05, 0) is 44.6 Å². The molecular formula is C16H29N3. The summed E-state index contributed by atoms with van der Waals surface area (Å²) in [6.45, 7) is 4.62. The number of nitrogens with zero attached hydrogens (tertiary/aromatic N) is 2. The third kappa shape index (κ3) is 5.35. The van der Waals surface area contributed by atoms with Crippen molar-refractivity contribution in [3.05, 3.63) is 18.7 Å². The van der Waals surface area contributed by atoms with Gasteiger partial charge in [0, 0.05) is 25.0 Å². The Balaban J connectivity index is 1.53. The Kier molecular flexibility index (Phi) is 6.42. The van der Waals surface area contributed by atoms with Crippen molar-refractivity contribution in [2.75, 3.05) is 6.54 Å². The molecular weight excluding hydrogens is 234 g/mol. The number of rotatable bonds is 7. The quantitative estimate of drug-likeness (QED) is 0.601. The summed E-state index contributed by atoms with van der Waals surface area (Å²) in [6, 6.07) is 0.782. The van der Waals surface area contributed by atoms with Gasteiger partial charge in [-0.2, -0.15) is 0 Å². The van der Waals surface area contributed by atoms with Crippen LogP contribution >= 0.6 is 0 Å². The Hall–Kier alpha value is -0.830. The lowest BCUT2D eigenvalue weighted by molar-refractivity contribution is 0.421. The first kappa shape index (κ1) is 14.6. The highest BCUT2D eigenvalue weighted by molar-refractivity contribution is 4.75. The number of aromatic nitrogens is 2. The lowest BCUT2D eigenvalue weighted by Crippen LogP contribution is -2.29. The van der Waals surface area contributed by atoms with E-state index >= 15 is 0 Å². The van der Waals surface area contributed by atoms with E-state index < -0.39 is 0 Å². The number of hydrogen-bond donors (Lipinski definition) is 1. The van der Waals surface area contributed by atoms with Gasteiger partial charge in [0.1, 0.15) is 0 Å². The minimum atomic E-state index is 0.782. The maximum Gasteiger partial charge on any atom is 0.0945 e. The largest absolute Gasteiger partial charge is 0.337 e. The average molecular weight is 263 g/mol. The van der Waals surface area contributed by atoms with Crippen molar-refractivity contribution in [1.29, 1.82) is 0 Å². The molecule has 108 valence electrons. The number of nitrogens with one attached hydrogen (secondary N) is 1. The molecule has 2 unspecified atom stereocenters. The SMILES string of the molecule is CCC1CCCC(NCCCCn2ccnc2)CC1. The maximum atomic E-state index is 4.07. The van der Waals surface area contributed by atoms with Crippen molar-refractivity contribution in [3.63, 3.8) is 0 Å². The molecule has 1 aliphatic carbocycles. The Bertz CT molecular complexity index is 321. The Morgan fingerprint density at radius 1 is 1.21 bits per heavy atom. The van der Waals surface area contributed by atoms with E-state index in [0.29, 0.717) is 0 Å². The molecule has 0 amide bonds. The summed E-state index contributed by atoms with van der Waals surface area (Å²) < 4.78 is 2.16. The Morgan fingerprint density at radius 2 is 2.16 bits per heavy atom. The van der Waals surface area contributed by atoms with Gasteiger partial charge in [0.2, 0.25) is 0 Å². The predicted octanol–water partition coefficient (Wildman–Crippen LogP) is 3.61. The molecule has 1 aliphatic rings. The van der Waals surface area contributed by atoms with E-state index in [4.69, 9.17) is 0 Å². The normalized spacial score (nSPS) is 24.3. The topological polar surface area (TPSA) is 29.9 Å². The molecule has 1 aromatic rings. The lowest BCUT2D eigenvalue weighted by atomic mass is 9.98. The third-order valence-corrected chi connectivity index (χ3v) is 4.50. The van der Waals surface area contributed by atoms with Crippen LogP contribution in [0.25, 0.3) is 0 Å². The third-order valence-electron chi connectivity index (χ3n) is 4.50. The van der Waals surface area contributed by atoms with Crippen molar-refractivity contribution >= 4 is 0 Å². The van der Waals surface area contributed by atoms with Crippen LogP contribution in [0.5, 0.6) is 0 Å². The van der Waals surface area contributed by atoms with E-state index in [1.54, 1.807) is 0 Å². The van der Waals surface area contributed by atoms with E-state index in [0.717, 1.165) is 18.5 Å². The smallest absolute Gasteiger partial charge is 0.0945 e. The monoisotopic (exact) mass is 263 g/mol. The molecule has 2 atom stereocenters. The molecule has 1 fully saturated rings. The average Bonchev–Trinajstić information content (AvgIpc) is 2.84. The zero-order valence-corrected chi connectivity index (χ0v) is 12.4. The molecule has 0 spiro atoms. The van der Waals surface area contributed by atoms with Gasteiger partial charge < -0.3 is 9.88 Å². The van der Waals surface area contributed by atoms with Gasteiger partial charge in [0.05, 0.1) is 6.33 Å². The van der Waals surface area contributed by atoms with Crippen LogP contribution in [0.1, 0.15) is 58.3 Å². The zero-order chi connectivity index (χ0) is 13.3. The molecule has 1 saturated carbocycles. The highest BCUT2D eigenvalue weighted by Crippen LogP contribution is 2.25. The summed E-state index contributed by atoms with van der Waals surface area (Å²) in [5.41, 5.74) is 0. The van der Waals surface area contributed by atoms with Crippen molar-refractivity contribution in [1.82, 2.24) is 14.9 Å². The minimum absolute atomic E-state index is 0.782. The van der Waals surface area contributed by atoms with Crippen LogP contribution in [0.15, 0.2) is 18.7 Å². The first-order valence-corrected chi connectivity index (χ1v) is 8.07. The number of unbranched alkanes of at least 4 members (excludes halogenated alkanes) is 1. The van der Waals surface area contributed by atoms with Gasteiger partial charge in [-0.3, -0.25) is 0 Å². The predicted molar refractivity (Wildman–Crippen MR) is 80.1 cm³/mol. The van der Waals surface area contributed by atoms with Crippen molar-refractivity contribution in [2.45, 2.75) is 70.9 Å². The van der Waals surface area contributed by atoms with Crippen LogP contribution in [-0.4, -0.2) is 22.1 Å². The van der Waals surface area contributed by atoms with E-state index in [1.807, 2.05) is 18.7 Å². The van der Waals surface area contributed by atoms with Gasteiger partial charge >= 0.3 is 0 Å². The number of imidazole rings is 1. The van der Waals surface area contributed by atoms with Gasteiger partial charge in [-0.25, -0.2) is 4.98 Å². The second kappa shape index (κ2) is 8.36. The molecule has 0 bridgehead atoms. The molecule has 1 N–H and O–H groups in total. The number of aryl methyl sites for hydroxylation is 1. The van der Waals surface area contributed by atoms with Gasteiger partial charge in [-0.1, -0.05) is 26.2 Å². The van der Waals surface area contributed by atoms with Gasteiger partial charge in [0.25, 0.3) is 0 Å². The van der Waals surface area contributed by atoms with E-state index in [9.17, 15) is 0 Å². The molecule has 1 aromatic heterocycles. The summed E-state index contributed by atoms with van der Waals surface area (Å²) in [5.74, 6) is 0.994. The van der Waals surface area contributed by atoms with Crippen molar-refractivity contribution in [3.8, 4) is 0 Å². The van der Waals surface area contributed by atoms with Crippen LogP contribution in [0, 0.1) is 5.92 Å². The number of hydrogen-bond acceptors (Lipinski definition) is 2. The summed E-state index contributed by atoms with van der Waals surface area (Å²) in [5, 5.41) is 3.76. The van der Waals surface area contributed by atoms with E-state index in [2.05, 4.69) is 21.8 Å². The summed E-state index contributed by atoms with van der Waals surface area (Å²) in [7, 11) is 0. The second-order valence-electron chi connectivity index (χ2n) is 5.94. The van der Waals surface area contributed by atoms with Crippen molar-refractivity contribution in [2.24, 2.45) is 5.92 Å². The van der Waals surface area contributed by atoms with Crippen LogP contribution in [-0.2, 0) is 6.54 Å². The molecule has 2 rings (SSSR count). The van der Waals surface area contributed by atoms with Crippen LogP contribution in [0.4, 0.5) is 0 Å². The minimum Gasteiger partial charge on any atom is -0.337 e. The molecule has 1 heterocycles.